The summed E-state index contributed by atoms with van der Waals surface area (Å²) in [4.78, 5) is 3.02. The van der Waals surface area contributed by atoms with Crippen LogP contribution in [0.4, 0.5) is 0 Å². The smallest absolute Gasteiger partial charge is 0.0366 e. The molecular formula is C12H22N4. The summed E-state index contributed by atoms with van der Waals surface area (Å²) >= 11 is 0. The van der Waals surface area contributed by atoms with Crippen molar-refractivity contribution in [2.45, 2.75) is 26.8 Å². The Balaban J connectivity index is 0.000000606. The Morgan fingerprint density at radius 3 is 2.69 bits per heavy atom. The standard InChI is InChI=1S/C10H16N4.C2H6/c1-3-11-5-9(1)7-13-14-8-10-2-4-12-6-10;1-2/h1,3,5-6,11-14H,2,4,7-8H2;1-2H3. The van der Waals surface area contributed by atoms with Crippen LogP contribution in [0.5, 0.6) is 0 Å². The highest BCUT2D eigenvalue weighted by atomic mass is 15.3. The molecule has 0 saturated heterocycles. The van der Waals surface area contributed by atoms with Crippen molar-refractivity contribution in [3.05, 3.63) is 35.8 Å². The second-order valence-corrected chi connectivity index (χ2v) is 3.43. The molecule has 4 heteroatoms. The van der Waals surface area contributed by atoms with Crippen molar-refractivity contribution in [2.75, 3.05) is 13.1 Å². The lowest BCUT2D eigenvalue weighted by atomic mass is 10.2. The molecule has 0 amide bonds. The first kappa shape index (κ1) is 12.8. The fraction of sp³-hybridized carbons (Fsp3) is 0.500. The summed E-state index contributed by atoms with van der Waals surface area (Å²) in [5, 5.41) is 3.19. The van der Waals surface area contributed by atoms with E-state index < -0.39 is 0 Å². The number of nitrogens with one attached hydrogen (secondary N) is 4. The van der Waals surface area contributed by atoms with Gasteiger partial charge in [-0.05, 0) is 29.8 Å². The summed E-state index contributed by atoms with van der Waals surface area (Å²) in [6.07, 6.45) is 7.16. The molecule has 1 aromatic rings. The zero-order valence-corrected chi connectivity index (χ0v) is 10.1. The molecule has 0 spiro atoms. The van der Waals surface area contributed by atoms with Crippen molar-refractivity contribution in [2.24, 2.45) is 0 Å². The van der Waals surface area contributed by atoms with Gasteiger partial charge in [0.1, 0.15) is 0 Å². The fourth-order valence-electron chi connectivity index (χ4n) is 1.47. The maximum Gasteiger partial charge on any atom is 0.0366 e. The second kappa shape index (κ2) is 7.96. The Morgan fingerprint density at radius 2 is 2.06 bits per heavy atom. The van der Waals surface area contributed by atoms with Crippen LogP contribution >= 0.6 is 0 Å². The zero-order chi connectivity index (χ0) is 11.6. The molecule has 1 aliphatic heterocycles. The molecule has 0 bridgehead atoms. The molecule has 90 valence electrons. The predicted molar refractivity (Wildman–Crippen MR) is 67.7 cm³/mol. The molecular weight excluding hydrogens is 200 g/mol. The van der Waals surface area contributed by atoms with E-state index in [2.05, 4.69) is 33.4 Å². The third kappa shape index (κ3) is 4.51. The first-order valence-corrected chi connectivity index (χ1v) is 5.94. The van der Waals surface area contributed by atoms with Gasteiger partial charge in [-0.1, -0.05) is 13.8 Å². The predicted octanol–water partition coefficient (Wildman–Crippen LogP) is 1.51. The van der Waals surface area contributed by atoms with E-state index in [0.29, 0.717) is 0 Å². The molecule has 4 nitrogen and oxygen atoms in total. The van der Waals surface area contributed by atoms with E-state index in [-0.39, 0.29) is 0 Å². The van der Waals surface area contributed by atoms with E-state index >= 15 is 0 Å². The average Bonchev–Trinajstić information content (AvgIpc) is 3.00. The van der Waals surface area contributed by atoms with Crippen LogP contribution in [0.1, 0.15) is 25.8 Å². The van der Waals surface area contributed by atoms with Crippen LogP contribution in [0.3, 0.4) is 0 Å². The third-order valence-electron chi connectivity index (χ3n) is 2.29. The lowest BCUT2D eigenvalue weighted by molar-refractivity contribution is 0.555. The number of hydrogen-bond donors (Lipinski definition) is 4. The summed E-state index contributed by atoms with van der Waals surface area (Å²) in [5.41, 5.74) is 9.05. The van der Waals surface area contributed by atoms with Crippen molar-refractivity contribution in [3.63, 3.8) is 0 Å². The monoisotopic (exact) mass is 222 g/mol. The van der Waals surface area contributed by atoms with Gasteiger partial charge in [0.05, 0.1) is 0 Å². The highest BCUT2D eigenvalue weighted by molar-refractivity contribution is 5.09. The second-order valence-electron chi connectivity index (χ2n) is 3.43. The molecule has 4 N–H and O–H groups in total. The lowest BCUT2D eigenvalue weighted by Gasteiger charge is -2.05. The van der Waals surface area contributed by atoms with Gasteiger partial charge >= 0.3 is 0 Å². The van der Waals surface area contributed by atoms with E-state index in [1.807, 2.05) is 26.2 Å². The van der Waals surface area contributed by atoms with Crippen LogP contribution < -0.4 is 16.2 Å². The average molecular weight is 222 g/mol. The minimum absolute atomic E-state index is 0.851. The van der Waals surface area contributed by atoms with Crippen LogP contribution in [0.2, 0.25) is 0 Å². The van der Waals surface area contributed by atoms with Gasteiger partial charge in [-0.2, -0.15) is 0 Å². The molecule has 0 radical (unpaired) electrons. The van der Waals surface area contributed by atoms with Gasteiger partial charge in [0, 0.05) is 32.0 Å². The molecule has 0 saturated carbocycles. The first-order valence-electron chi connectivity index (χ1n) is 5.94. The minimum Gasteiger partial charge on any atom is -0.391 e. The minimum atomic E-state index is 0.851. The fourth-order valence-corrected chi connectivity index (χ4v) is 1.47. The van der Waals surface area contributed by atoms with Crippen LogP contribution in [0.15, 0.2) is 30.2 Å². The van der Waals surface area contributed by atoms with Crippen molar-refractivity contribution in [3.8, 4) is 0 Å². The van der Waals surface area contributed by atoms with Crippen molar-refractivity contribution in [1.82, 2.24) is 21.2 Å². The highest BCUT2D eigenvalue weighted by Crippen LogP contribution is 2.02. The molecule has 0 aromatic carbocycles. The highest BCUT2D eigenvalue weighted by Gasteiger charge is 2.01. The summed E-state index contributed by atoms with van der Waals surface area (Å²) < 4.78 is 0. The van der Waals surface area contributed by atoms with Gasteiger partial charge in [0.25, 0.3) is 0 Å². The maximum atomic E-state index is 3.19. The summed E-state index contributed by atoms with van der Waals surface area (Å²) in [5.74, 6) is 0. The molecule has 0 unspecified atom stereocenters. The molecule has 1 aliphatic rings. The lowest BCUT2D eigenvalue weighted by Crippen LogP contribution is -2.32. The van der Waals surface area contributed by atoms with Crippen molar-refractivity contribution < 1.29 is 0 Å². The van der Waals surface area contributed by atoms with Crippen LogP contribution in [0.25, 0.3) is 0 Å². The van der Waals surface area contributed by atoms with E-state index in [9.17, 15) is 0 Å². The topological polar surface area (TPSA) is 51.9 Å². The van der Waals surface area contributed by atoms with Crippen LogP contribution in [-0.2, 0) is 6.54 Å². The Kier molecular flexibility index (Phi) is 6.37. The summed E-state index contributed by atoms with van der Waals surface area (Å²) in [6, 6.07) is 2.06. The molecule has 2 heterocycles. The van der Waals surface area contributed by atoms with E-state index in [1.165, 1.54) is 11.1 Å². The Labute approximate surface area is 97.5 Å². The SMILES string of the molecule is C1=C(CNNCc2cc[nH]c2)CCN1.CC. The molecule has 0 aliphatic carbocycles. The van der Waals surface area contributed by atoms with Crippen molar-refractivity contribution >= 4 is 0 Å². The number of aromatic nitrogens is 1. The van der Waals surface area contributed by atoms with Crippen molar-refractivity contribution in [1.29, 1.82) is 0 Å². The van der Waals surface area contributed by atoms with Gasteiger partial charge < -0.3 is 10.3 Å². The van der Waals surface area contributed by atoms with Gasteiger partial charge in [-0.25, -0.2) is 0 Å². The molecule has 1 aromatic heterocycles. The van der Waals surface area contributed by atoms with Gasteiger partial charge in [-0.15, -0.1) is 0 Å². The summed E-state index contributed by atoms with van der Waals surface area (Å²) in [6.45, 7) is 6.84. The van der Waals surface area contributed by atoms with Gasteiger partial charge in [0.2, 0.25) is 0 Å². The largest absolute Gasteiger partial charge is 0.391 e. The van der Waals surface area contributed by atoms with Gasteiger partial charge in [0.15, 0.2) is 0 Å². The number of rotatable bonds is 5. The molecule has 0 fully saturated rings. The maximum absolute atomic E-state index is 3.19. The number of hydrazine groups is 1. The Hall–Kier alpha value is -1.26. The van der Waals surface area contributed by atoms with Crippen LogP contribution in [0, 0.1) is 0 Å². The summed E-state index contributed by atoms with van der Waals surface area (Å²) in [7, 11) is 0. The Bertz CT molecular complexity index is 290. The normalized spacial score (nSPS) is 13.8. The van der Waals surface area contributed by atoms with Crippen LogP contribution in [-0.4, -0.2) is 18.1 Å². The number of aromatic amines is 1. The van der Waals surface area contributed by atoms with E-state index in [4.69, 9.17) is 0 Å². The van der Waals surface area contributed by atoms with Gasteiger partial charge in [-0.3, -0.25) is 10.9 Å². The Morgan fingerprint density at radius 1 is 1.25 bits per heavy atom. The zero-order valence-electron chi connectivity index (χ0n) is 10.1. The van der Waals surface area contributed by atoms with E-state index in [1.54, 1.807) is 0 Å². The molecule has 16 heavy (non-hydrogen) atoms. The number of hydrogen-bond acceptors (Lipinski definition) is 3. The quantitative estimate of drug-likeness (QED) is 0.451. The third-order valence-corrected chi connectivity index (χ3v) is 2.29. The molecule has 0 atom stereocenters. The molecule has 2 rings (SSSR count). The van der Waals surface area contributed by atoms with E-state index in [0.717, 1.165) is 26.1 Å². The number of H-pyrrole nitrogens is 1. The first-order chi connectivity index (χ1) is 7.95.